The van der Waals surface area contributed by atoms with Crippen LogP contribution in [0.5, 0.6) is 5.88 Å². The van der Waals surface area contributed by atoms with Crippen LogP contribution in [0.2, 0.25) is 0 Å². The smallest absolute Gasteiger partial charge is 0.318 e. The Bertz CT molecular complexity index is 696. The molecule has 25 heavy (non-hydrogen) atoms. The van der Waals surface area contributed by atoms with Crippen LogP contribution in [0.1, 0.15) is 31.4 Å². The number of carbonyl (C=O) groups is 1. The molecule has 6 heteroatoms. The van der Waals surface area contributed by atoms with Crippen LogP contribution in [0.25, 0.3) is 0 Å². The number of nitrogens with zero attached hydrogens (tertiary/aromatic N) is 3. The molecule has 0 spiro atoms. The van der Waals surface area contributed by atoms with Gasteiger partial charge >= 0.3 is 6.03 Å². The number of piperidine rings is 1. The maximum atomic E-state index is 12.6. The molecule has 0 radical (unpaired) electrons. The molecular weight excluding hydrogens is 316 g/mol. The number of hydrogen-bond donors (Lipinski definition) is 1. The van der Waals surface area contributed by atoms with Gasteiger partial charge in [-0.15, -0.1) is 0 Å². The van der Waals surface area contributed by atoms with Crippen molar-refractivity contribution in [2.24, 2.45) is 0 Å². The lowest BCUT2D eigenvalue weighted by molar-refractivity contribution is 0.0660. The summed E-state index contributed by atoms with van der Waals surface area (Å²) in [5, 5.41) is 3.01. The number of ether oxygens (including phenoxy) is 1. The monoisotopic (exact) mass is 338 g/mol. The highest BCUT2D eigenvalue weighted by Gasteiger charge is 2.44. The normalized spacial score (nSPS) is 24.8. The van der Waals surface area contributed by atoms with Gasteiger partial charge in [0, 0.05) is 43.4 Å². The molecule has 0 unspecified atom stereocenters. The van der Waals surface area contributed by atoms with E-state index in [9.17, 15) is 4.79 Å². The van der Waals surface area contributed by atoms with Gasteiger partial charge in [-0.1, -0.05) is 12.1 Å². The number of rotatable bonds is 4. The molecule has 0 saturated carbocycles. The van der Waals surface area contributed by atoms with Crippen molar-refractivity contribution in [3.05, 3.63) is 54.5 Å². The van der Waals surface area contributed by atoms with Gasteiger partial charge in [0.25, 0.3) is 0 Å². The minimum Gasteiger partial charge on any atom is -0.474 e. The lowest BCUT2D eigenvalue weighted by Gasteiger charge is -2.38. The first-order valence-corrected chi connectivity index (χ1v) is 8.83. The number of urea groups is 1. The van der Waals surface area contributed by atoms with Crippen LogP contribution in [-0.4, -0.2) is 39.1 Å². The van der Waals surface area contributed by atoms with Gasteiger partial charge < -0.3 is 15.0 Å². The van der Waals surface area contributed by atoms with Crippen molar-refractivity contribution < 1.29 is 9.53 Å². The van der Waals surface area contributed by atoms with Crippen LogP contribution in [-0.2, 0) is 6.54 Å². The van der Waals surface area contributed by atoms with E-state index in [4.69, 9.17) is 4.74 Å². The fourth-order valence-corrected chi connectivity index (χ4v) is 3.90. The van der Waals surface area contributed by atoms with Crippen molar-refractivity contribution in [1.29, 1.82) is 0 Å². The van der Waals surface area contributed by atoms with Crippen LogP contribution in [0, 0.1) is 0 Å². The lowest BCUT2D eigenvalue weighted by Crippen LogP contribution is -2.52. The van der Waals surface area contributed by atoms with Crippen LogP contribution >= 0.6 is 0 Å². The number of amides is 2. The number of carbonyl (C=O) groups excluding carboxylic acids is 1. The van der Waals surface area contributed by atoms with E-state index in [0.717, 1.165) is 31.4 Å². The second-order valence-corrected chi connectivity index (χ2v) is 6.65. The average Bonchev–Trinajstić information content (AvgIpc) is 2.92. The molecule has 0 aliphatic carbocycles. The molecule has 2 aromatic rings. The van der Waals surface area contributed by atoms with Crippen LogP contribution in [0.3, 0.4) is 0 Å². The molecule has 6 nitrogen and oxygen atoms in total. The zero-order chi connectivity index (χ0) is 17.1. The predicted octanol–water partition coefficient (Wildman–Crippen LogP) is 2.76. The van der Waals surface area contributed by atoms with Gasteiger partial charge in [0.1, 0.15) is 6.10 Å². The number of nitrogens with one attached hydrogen (secondary N) is 1. The molecule has 2 bridgehead atoms. The standard InChI is InChI=1S/C19H22N4O2/c24-19(22-13-14-5-1-3-9-20-14)23-15-7-8-16(23)12-17(11-15)25-18-6-2-4-10-21-18/h1-6,9-10,15-17H,7-8,11-13H2,(H,22,24)/t15-,16-/m0/s1. The molecule has 1 N–H and O–H groups in total. The molecule has 130 valence electrons. The summed E-state index contributed by atoms with van der Waals surface area (Å²) in [6.07, 6.45) is 7.43. The van der Waals surface area contributed by atoms with Crippen LogP contribution < -0.4 is 10.1 Å². The third kappa shape index (κ3) is 3.57. The largest absolute Gasteiger partial charge is 0.474 e. The molecule has 4 heterocycles. The number of aromatic nitrogens is 2. The SMILES string of the molecule is O=C(NCc1ccccn1)N1[C@H]2CC[C@H]1CC(Oc1ccccn1)C2. The second kappa shape index (κ2) is 7.09. The van der Waals surface area contributed by atoms with Crippen molar-refractivity contribution in [3.8, 4) is 5.88 Å². The average molecular weight is 338 g/mol. The summed E-state index contributed by atoms with van der Waals surface area (Å²) in [4.78, 5) is 23.1. The zero-order valence-electron chi connectivity index (χ0n) is 14.0. The number of hydrogen-bond acceptors (Lipinski definition) is 4. The first-order valence-electron chi connectivity index (χ1n) is 8.83. The Morgan fingerprint density at radius 1 is 1.08 bits per heavy atom. The highest BCUT2D eigenvalue weighted by Crippen LogP contribution is 2.37. The molecule has 2 saturated heterocycles. The summed E-state index contributed by atoms with van der Waals surface area (Å²) < 4.78 is 6.01. The summed E-state index contributed by atoms with van der Waals surface area (Å²) in [7, 11) is 0. The van der Waals surface area contributed by atoms with Crippen LogP contribution in [0.15, 0.2) is 48.8 Å². The van der Waals surface area contributed by atoms with E-state index in [1.165, 1.54) is 0 Å². The molecule has 4 rings (SSSR count). The van der Waals surface area contributed by atoms with Crippen molar-refractivity contribution in [3.63, 3.8) is 0 Å². The Balaban J connectivity index is 1.34. The summed E-state index contributed by atoms with van der Waals surface area (Å²) in [6.45, 7) is 0.462. The van der Waals surface area contributed by atoms with Crippen molar-refractivity contribution in [1.82, 2.24) is 20.2 Å². The van der Waals surface area contributed by atoms with Crippen molar-refractivity contribution in [2.75, 3.05) is 0 Å². The fraction of sp³-hybridized carbons (Fsp3) is 0.421. The summed E-state index contributed by atoms with van der Waals surface area (Å²) in [5.74, 6) is 0.667. The molecular formula is C19H22N4O2. The molecule has 2 atom stereocenters. The van der Waals surface area contributed by atoms with E-state index in [1.54, 1.807) is 12.4 Å². The molecule has 0 aromatic carbocycles. The fourth-order valence-electron chi connectivity index (χ4n) is 3.90. The van der Waals surface area contributed by atoms with Gasteiger partial charge in [0.15, 0.2) is 0 Å². The highest BCUT2D eigenvalue weighted by atomic mass is 16.5. The predicted molar refractivity (Wildman–Crippen MR) is 93.0 cm³/mol. The first-order chi connectivity index (χ1) is 12.3. The van der Waals surface area contributed by atoms with Gasteiger partial charge in [-0.3, -0.25) is 4.98 Å². The number of pyridine rings is 2. The van der Waals surface area contributed by atoms with E-state index < -0.39 is 0 Å². The molecule has 2 aliphatic rings. The van der Waals surface area contributed by atoms with E-state index in [0.29, 0.717) is 12.4 Å². The summed E-state index contributed by atoms with van der Waals surface area (Å²) in [5.41, 5.74) is 0.872. The van der Waals surface area contributed by atoms with E-state index in [-0.39, 0.29) is 24.2 Å². The zero-order valence-corrected chi connectivity index (χ0v) is 14.0. The number of fused-ring (bicyclic) bond motifs is 2. The third-order valence-electron chi connectivity index (χ3n) is 5.00. The molecule has 2 fully saturated rings. The highest BCUT2D eigenvalue weighted by molar-refractivity contribution is 5.75. The molecule has 2 amide bonds. The minimum atomic E-state index is 0.00874. The second-order valence-electron chi connectivity index (χ2n) is 6.65. The van der Waals surface area contributed by atoms with Crippen LogP contribution in [0.4, 0.5) is 4.79 Å². The van der Waals surface area contributed by atoms with Gasteiger partial charge in [0.2, 0.25) is 5.88 Å². The third-order valence-corrected chi connectivity index (χ3v) is 5.00. The van der Waals surface area contributed by atoms with Gasteiger partial charge in [-0.05, 0) is 31.0 Å². The van der Waals surface area contributed by atoms with Crippen molar-refractivity contribution in [2.45, 2.75) is 50.4 Å². The topological polar surface area (TPSA) is 67.4 Å². The Kier molecular flexibility index (Phi) is 4.50. The maximum absolute atomic E-state index is 12.6. The quantitative estimate of drug-likeness (QED) is 0.931. The van der Waals surface area contributed by atoms with Gasteiger partial charge in [-0.25, -0.2) is 9.78 Å². The molecule has 2 aromatic heterocycles. The Morgan fingerprint density at radius 2 is 1.80 bits per heavy atom. The molecule has 2 aliphatic heterocycles. The maximum Gasteiger partial charge on any atom is 0.318 e. The summed E-state index contributed by atoms with van der Waals surface area (Å²) >= 11 is 0. The van der Waals surface area contributed by atoms with Crippen molar-refractivity contribution >= 4 is 6.03 Å². The Labute approximate surface area is 147 Å². The van der Waals surface area contributed by atoms with E-state index >= 15 is 0 Å². The van der Waals surface area contributed by atoms with E-state index in [1.807, 2.05) is 41.3 Å². The summed E-state index contributed by atoms with van der Waals surface area (Å²) in [6, 6.07) is 11.9. The minimum absolute atomic E-state index is 0.00874. The van der Waals surface area contributed by atoms with Gasteiger partial charge in [-0.2, -0.15) is 0 Å². The van der Waals surface area contributed by atoms with Gasteiger partial charge in [0.05, 0.1) is 12.2 Å². The van der Waals surface area contributed by atoms with E-state index in [2.05, 4.69) is 15.3 Å². The lowest BCUT2D eigenvalue weighted by atomic mass is 10.00. The first kappa shape index (κ1) is 15.9. The Hall–Kier alpha value is -2.63. The Morgan fingerprint density at radius 3 is 2.44 bits per heavy atom.